The molecular formula is C17H11BrN2O. The first-order valence-electron chi connectivity index (χ1n) is 6.40. The SMILES string of the molecule is CN1C(=O)C(=Cc2ccc(C#N)cc2)c2cc(Br)ccc21. The van der Waals surface area contributed by atoms with Gasteiger partial charge in [0.15, 0.2) is 0 Å². The van der Waals surface area contributed by atoms with Gasteiger partial charge in [0.1, 0.15) is 0 Å². The molecular weight excluding hydrogens is 328 g/mol. The molecule has 1 heterocycles. The molecule has 0 aliphatic carbocycles. The third-order valence-electron chi connectivity index (χ3n) is 3.50. The van der Waals surface area contributed by atoms with E-state index in [1.165, 1.54) is 0 Å². The molecule has 0 unspecified atom stereocenters. The standard InChI is InChI=1S/C17H11BrN2O/c1-20-16-7-6-13(18)9-14(16)15(17(20)21)8-11-2-4-12(10-19)5-3-11/h2-9H,1H3. The van der Waals surface area contributed by atoms with Crippen LogP contribution in [0.5, 0.6) is 0 Å². The topological polar surface area (TPSA) is 44.1 Å². The summed E-state index contributed by atoms with van der Waals surface area (Å²) in [5.74, 6) is -0.0209. The van der Waals surface area contributed by atoms with E-state index in [0.717, 1.165) is 21.3 Å². The maximum Gasteiger partial charge on any atom is 0.258 e. The second-order valence-corrected chi connectivity index (χ2v) is 5.73. The van der Waals surface area contributed by atoms with E-state index in [2.05, 4.69) is 22.0 Å². The van der Waals surface area contributed by atoms with Crippen molar-refractivity contribution < 1.29 is 4.79 Å². The molecule has 2 aromatic carbocycles. The molecule has 0 radical (unpaired) electrons. The minimum Gasteiger partial charge on any atom is -0.311 e. The fraction of sp³-hybridized carbons (Fsp3) is 0.0588. The Morgan fingerprint density at radius 1 is 1.19 bits per heavy atom. The van der Waals surface area contributed by atoms with Crippen LogP contribution in [0.4, 0.5) is 5.69 Å². The van der Waals surface area contributed by atoms with Gasteiger partial charge < -0.3 is 4.90 Å². The number of fused-ring (bicyclic) bond motifs is 1. The normalized spacial score (nSPS) is 15.2. The highest BCUT2D eigenvalue weighted by Crippen LogP contribution is 2.38. The lowest BCUT2D eigenvalue weighted by Crippen LogP contribution is -2.20. The van der Waals surface area contributed by atoms with Gasteiger partial charge in [-0.15, -0.1) is 0 Å². The van der Waals surface area contributed by atoms with E-state index in [0.29, 0.717) is 11.1 Å². The van der Waals surface area contributed by atoms with Crippen molar-refractivity contribution in [3.63, 3.8) is 0 Å². The first kappa shape index (κ1) is 13.6. The zero-order valence-corrected chi connectivity index (χ0v) is 12.9. The summed E-state index contributed by atoms with van der Waals surface area (Å²) in [7, 11) is 1.77. The van der Waals surface area contributed by atoms with E-state index in [1.807, 2.05) is 36.4 Å². The monoisotopic (exact) mass is 338 g/mol. The molecule has 1 amide bonds. The van der Waals surface area contributed by atoms with E-state index in [4.69, 9.17) is 5.26 Å². The van der Waals surface area contributed by atoms with Crippen molar-refractivity contribution in [2.45, 2.75) is 0 Å². The summed E-state index contributed by atoms with van der Waals surface area (Å²) in [5, 5.41) is 8.82. The van der Waals surface area contributed by atoms with Crippen LogP contribution in [-0.2, 0) is 4.79 Å². The van der Waals surface area contributed by atoms with Gasteiger partial charge in [0, 0.05) is 22.7 Å². The summed E-state index contributed by atoms with van der Waals surface area (Å²) in [4.78, 5) is 14.0. The van der Waals surface area contributed by atoms with Crippen LogP contribution in [0.15, 0.2) is 46.9 Å². The number of anilines is 1. The Kier molecular flexibility index (Phi) is 3.36. The molecule has 21 heavy (non-hydrogen) atoms. The van der Waals surface area contributed by atoms with Crippen LogP contribution in [0, 0.1) is 11.3 Å². The molecule has 0 fully saturated rings. The number of rotatable bonds is 1. The average molecular weight is 339 g/mol. The molecule has 4 heteroatoms. The van der Waals surface area contributed by atoms with Gasteiger partial charge >= 0.3 is 0 Å². The Bertz CT molecular complexity index is 801. The molecule has 0 saturated heterocycles. The maximum absolute atomic E-state index is 12.4. The number of benzene rings is 2. The Balaban J connectivity index is 2.10. The van der Waals surface area contributed by atoms with Crippen molar-refractivity contribution in [3.05, 3.63) is 63.6 Å². The molecule has 1 aliphatic heterocycles. The number of carbonyl (C=O) groups excluding carboxylic acids is 1. The Labute approximate surface area is 131 Å². The lowest BCUT2D eigenvalue weighted by atomic mass is 10.0. The first-order valence-corrected chi connectivity index (χ1v) is 7.19. The lowest BCUT2D eigenvalue weighted by Gasteiger charge is -2.08. The van der Waals surface area contributed by atoms with Crippen LogP contribution < -0.4 is 4.90 Å². The maximum atomic E-state index is 12.4. The molecule has 3 rings (SSSR count). The fourth-order valence-corrected chi connectivity index (χ4v) is 2.74. The zero-order valence-electron chi connectivity index (χ0n) is 11.3. The van der Waals surface area contributed by atoms with Gasteiger partial charge in [0.25, 0.3) is 5.91 Å². The molecule has 1 aliphatic rings. The summed E-state index contributed by atoms with van der Waals surface area (Å²) in [6.07, 6.45) is 1.86. The molecule has 0 atom stereocenters. The number of nitriles is 1. The van der Waals surface area contributed by atoms with E-state index in [9.17, 15) is 4.79 Å². The summed E-state index contributed by atoms with van der Waals surface area (Å²) < 4.78 is 0.940. The third kappa shape index (κ3) is 2.37. The lowest BCUT2D eigenvalue weighted by molar-refractivity contribution is -0.112. The number of nitrogens with zero attached hydrogens (tertiary/aromatic N) is 2. The summed E-state index contributed by atoms with van der Waals surface area (Å²) in [6.45, 7) is 0. The van der Waals surface area contributed by atoms with Gasteiger partial charge in [-0.2, -0.15) is 5.26 Å². The summed E-state index contributed by atoms with van der Waals surface area (Å²) in [5.41, 5.74) is 4.00. The highest BCUT2D eigenvalue weighted by Gasteiger charge is 2.29. The number of hydrogen-bond acceptors (Lipinski definition) is 2. The van der Waals surface area contributed by atoms with Crippen LogP contribution in [0.3, 0.4) is 0 Å². The van der Waals surface area contributed by atoms with Gasteiger partial charge in [-0.3, -0.25) is 4.79 Å². The van der Waals surface area contributed by atoms with Crippen molar-refractivity contribution in [1.29, 1.82) is 5.26 Å². The van der Waals surface area contributed by atoms with Gasteiger partial charge in [-0.05, 0) is 42.0 Å². The molecule has 0 saturated carbocycles. The quantitative estimate of drug-likeness (QED) is 0.741. The highest BCUT2D eigenvalue weighted by atomic mass is 79.9. The number of carbonyl (C=O) groups is 1. The minimum absolute atomic E-state index is 0.0209. The predicted octanol–water partition coefficient (Wildman–Crippen LogP) is 3.84. The van der Waals surface area contributed by atoms with E-state index in [1.54, 1.807) is 24.1 Å². The van der Waals surface area contributed by atoms with Crippen molar-refractivity contribution in [1.82, 2.24) is 0 Å². The smallest absolute Gasteiger partial charge is 0.258 e. The van der Waals surface area contributed by atoms with Gasteiger partial charge in [-0.25, -0.2) is 0 Å². The number of halogens is 1. The van der Waals surface area contributed by atoms with Crippen molar-refractivity contribution in [2.24, 2.45) is 0 Å². The molecule has 3 nitrogen and oxygen atoms in total. The van der Waals surface area contributed by atoms with E-state index < -0.39 is 0 Å². The van der Waals surface area contributed by atoms with Crippen LogP contribution in [-0.4, -0.2) is 13.0 Å². The van der Waals surface area contributed by atoms with Crippen LogP contribution in [0.1, 0.15) is 16.7 Å². The van der Waals surface area contributed by atoms with Crippen molar-refractivity contribution >= 4 is 39.2 Å². The minimum atomic E-state index is -0.0209. The fourth-order valence-electron chi connectivity index (χ4n) is 2.38. The molecule has 2 aromatic rings. The summed E-state index contributed by atoms with van der Waals surface area (Å²) in [6, 6.07) is 15.1. The zero-order chi connectivity index (χ0) is 15.0. The number of likely N-dealkylation sites (N-methyl/N-ethyl adjacent to an activating group) is 1. The Morgan fingerprint density at radius 2 is 1.90 bits per heavy atom. The van der Waals surface area contributed by atoms with Crippen LogP contribution in [0.2, 0.25) is 0 Å². The second kappa shape index (κ2) is 5.19. The largest absolute Gasteiger partial charge is 0.311 e. The average Bonchev–Trinajstić information content (AvgIpc) is 2.73. The Hall–Kier alpha value is -2.38. The molecule has 0 aromatic heterocycles. The first-order chi connectivity index (χ1) is 10.1. The van der Waals surface area contributed by atoms with E-state index >= 15 is 0 Å². The summed E-state index contributed by atoms with van der Waals surface area (Å²) >= 11 is 3.44. The van der Waals surface area contributed by atoms with Crippen molar-refractivity contribution in [2.75, 3.05) is 11.9 Å². The predicted molar refractivity (Wildman–Crippen MR) is 86.6 cm³/mol. The van der Waals surface area contributed by atoms with Crippen LogP contribution >= 0.6 is 15.9 Å². The van der Waals surface area contributed by atoms with Gasteiger partial charge in [0.05, 0.1) is 17.3 Å². The van der Waals surface area contributed by atoms with Gasteiger partial charge in [-0.1, -0.05) is 28.1 Å². The second-order valence-electron chi connectivity index (χ2n) is 4.82. The Morgan fingerprint density at radius 3 is 2.57 bits per heavy atom. The number of hydrogen-bond donors (Lipinski definition) is 0. The van der Waals surface area contributed by atoms with Gasteiger partial charge in [0.2, 0.25) is 0 Å². The van der Waals surface area contributed by atoms with Crippen LogP contribution in [0.25, 0.3) is 11.6 Å². The highest BCUT2D eigenvalue weighted by molar-refractivity contribution is 9.10. The molecule has 0 bridgehead atoms. The van der Waals surface area contributed by atoms with E-state index in [-0.39, 0.29) is 5.91 Å². The molecule has 0 spiro atoms. The number of amides is 1. The van der Waals surface area contributed by atoms with Crippen molar-refractivity contribution in [3.8, 4) is 6.07 Å². The third-order valence-corrected chi connectivity index (χ3v) is 3.99. The molecule has 0 N–H and O–H groups in total. The molecule has 102 valence electrons.